The Labute approximate surface area is 96.2 Å². The second-order valence-corrected chi connectivity index (χ2v) is 3.32. The van der Waals surface area contributed by atoms with E-state index in [0.29, 0.717) is 0 Å². The van der Waals surface area contributed by atoms with Crippen molar-refractivity contribution < 1.29 is 9.47 Å². The fourth-order valence-corrected chi connectivity index (χ4v) is 1.72. The SMILES string of the molecule is COc1ccccc1[C@@H]1COCCN1.Cl. The largest absolute Gasteiger partial charge is 0.496 e. The van der Waals surface area contributed by atoms with E-state index in [1.807, 2.05) is 18.2 Å². The van der Waals surface area contributed by atoms with Crippen molar-refractivity contribution in [3.8, 4) is 5.75 Å². The molecule has 0 spiro atoms. The number of morpholine rings is 1. The summed E-state index contributed by atoms with van der Waals surface area (Å²) in [5.74, 6) is 0.926. The molecule has 0 aliphatic carbocycles. The van der Waals surface area contributed by atoms with E-state index < -0.39 is 0 Å². The lowest BCUT2D eigenvalue weighted by Crippen LogP contribution is -2.34. The molecular formula is C11H16ClNO2. The summed E-state index contributed by atoms with van der Waals surface area (Å²) in [5, 5.41) is 3.41. The molecule has 1 aliphatic heterocycles. The Balaban J connectivity index is 0.00000112. The normalized spacial score (nSPS) is 20.5. The van der Waals surface area contributed by atoms with E-state index in [-0.39, 0.29) is 18.4 Å². The third kappa shape index (κ3) is 2.84. The van der Waals surface area contributed by atoms with E-state index in [1.54, 1.807) is 7.11 Å². The molecule has 0 radical (unpaired) electrons. The first-order valence-electron chi connectivity index (χ1n) is 4.86. The van der Waals surface area contributed by atoms with Crippen molar-refractivity contribution in [1.29, 1.82) is 0 Å². The number of rotatable bonds is 2. The third-order valence-corrected chi connectivity index (χ3v) is 2.44. The zero-order valence-electron chi connectivity index (χ0n) is 8.73. The van der Waals surface area contributed by atoms with Crippen LogP contribution in [0, 0.1) is 0 Å². The average molecular weight is 230 g/mol. The molecule has 15 heavy (non-hydrogen) atoms. The Hall–Kier alpha value is -0.770. The number of benzene rings is 1. The summed E-state index contributed by atoms with van der Waals surface area (Å²) in [6.45, 7) is 2.43. The summed E-state index contributed by atoms with van der Waals surface area (Å²) < 4.78 is 10.7. The second kappa shape index (κ2) is 5.95. The van der Waals surface area contributed by atoms with Crippen LogP contribution in [0.15, 0.2) is 24.3 Å². The van der Waals surface area contributed by atoms with E-state index in [9.17, 15) is 0 Å². The summed E-state index contributed by atoms with van der Waals surface area (Å²) in [5.41, 5.74) is 1.18. The van der Waals surface area contributed by atoms with Gasteiger partial charge in [-0.05, 0) is 6.07 Å². The summed E-state index contributed by atoms with van der Waals surface area (Å²) in [7, 11) is 1.70. The molecule has 2 rings (SSSR count). The van der Waals surface area contributed by atoms with Gasteiger partial charge in [-0.25, -0.2) is 0 Å². The van der Waals surface area contributed by atoms with Crippen LogP contribution in [0.3, 0.4) is 0 Å². The van der Waals surface area contributed by atoms with E-state index in [2.05, 4.69) is 11.4 Å². The standard InChI is InChI=1S/C11H15NO2.ClH/c1-13-11-5-3-2-4-9(11)10-8-14-7-6-12-10;/h2-5,10,12H,6-8H2,1H3;1H/t10-;/m0./s1. The zero-order valence-corrected chi connectivity index (χ0v) is 9.55. The maximum atomic E-state index is 5.42. The van der Waals surface area contributed by atoms with E-state index in [0.717, 1.165) is 25.5 Å². The van der Waals surface area contributed by atoms with Crippen LogP contribution in [0.25, 0.3) is 0 Å². The lowest BCUT2D eigenvalue weighted by atomic mass is 10.1. The van der Waals surface area contributed by atoms with E-state index >= 15 is 0 Å². The molecule has 0 unspecified atom stereocenters. The maximum Gasteiger partial charge on any atom is 0.123 e. The van der Waals surface area contributed by atoms with Crippen molar-refractivity contribution in [2.24, 2.45) is 0 Å². The summed E-state index contributed by atoms with van der Waals surface area (Å²) >= 11 is 0. The molecule has 1 atom stereocenters. The minimum Gasteiger partial charge on any atom is -0.496 e. The number of hydrogen-bond acceptors (Lipinski definition) is 3. The topological polar surface area (TPSA) is 30.5 Å². The Kier molecular flexibility index (Phi) is 4.88. The molecule has 84 valence electrons. The maximum absolute atomic E-state index is 5.42. The number of para-hydroxylation sites is 1. The molecule has 0 aromatic heterocycles. The van der Waals surface area contributed by atoms with Crippen LogP contribution in [0.4, 0.5) is 0 Å². The van der Waals surface area contributed by atoms with Gasteiger partial charge < -0.3 is 14.8 Å². The molecule has 1 fully saturated rings. The van der Waals surface area contributed by atoms with Crippen LogP contribution in [-0.4, -0.2) is 26.9 Å². The van der Waals surface area contributed by atoms with Gasteiger partial charge in [0.1, 0.15) is 5.75 Å². The van der Waals surface area contributed by atoms with Crippen LogP contribution >= 0.6 is 12.4 Å². The molecule has 1 aromatic rings. The molecule has 4 heteroatoms. The van der Waals surface area contributed by atoms with E-state index in [4.69, 9.17) is 9.47 Å². The minimum absolute atomic E-state index is 0. The van der Waals surface area contributed by atoms with Crippen molar-refractivity contribution >= 4 is 12.4 Å². The van der Waals surface area contributed by atoms with Gasteiger partial charge in [0.15, 0.2) is 0 Å². The van der Waals surface area contributed by atoms with Crippen molar-refractivity contribution in [1.82, 2.24) is 5.32 Å². The Morgan fingerprint density at radius 3 is 2.87 bits per heavy atom. The van der Waals surface area contributed by atoms with Crippen molar-refractivity contribution in [3.05, 3.63) is 29.8 Å². The molecule has 1 heterocycles. The van der Waals surface area contributed by atoms with Gasteiger partial charge in [0.05, 0.1) is 26.4 Å². The van der Waals surface area contributed by atoms with Crippen LogP contribution in [-0.2, 0) is 4.74 Å². The van der Waals surface area contributed by atoms with Crippen molar-refractivity contribution in [2.45, 2.75) is 6.04 Å². The van der Waals surface area contributed by atoms with Crippen molar-refractivity contribution in [3.63, 3.8) is 0 Å². The zero-order chi connectivity index (χ0) is 9.80. The summed E-state index contributed by atoms with van der Waals surface area (Å²) in [6, 6.07) is 8.32. The lowest BCUT2D eigenvalue weighted by Gasteiger charge is -2.25. The number of hydrogen-bond donors (Lipinski definition) is 1. The molecule has 1 aliphatic rings. The van der Waals surface area contributed by atoms with Crippen molar-refractivity contribution in [2.75, 3.05) is 26.9 Å². The molecule has 0 bridgehead atoms. The first-order chi connectivity index (χ1) is 6.92. The predicted octanol–water partition coefficient (Wildman–Crippen LogP) is 1.78. The Morgan fingerprint density at radius 1 is 1.40 bits per heavy atom. The van der Waals surface area contributed by atoms with Gasteiger partial charge in [0.2, 0.25) is 0 Å². The van der Waals surface area contributed by atoms with E-state index in [1.165, 1.54) is 5.56 Å². The highest BCUT2D eigenvalue weighted by atomic mass is 35.5. The lowest BCUT2D eigenvalue weighted by molar-refractivity contribution is 0.0760. The molecule has 1 N–H and O–H groups in total. The fraction of sp³-hybridized carbons (Fsp3) is 0.455. The molecule has 1 saturated heterocycles. The first-order valence-corrected chi connectivity index (χ1v) is 4.86. The van der Waals surface area contributed by atoms with Gasteiger partial charge >= 0.3 is 0 Å². The van der Waals surface area contributed by atoms with Crippen LogP contribution in [0.5, 0.6) is 5.75 Å². The predicted molar refractivity (Wildman–Crippen MR) is 61.8 cm³/mol. The number of nitrogens with one attached hydrogen (secondary N) is 1. The quantitative estimate of drug-likeness (QED) is 0.839. The Bertz CT molecular complexity index is 300. The highest BCUT2D eigenvalue weighted by Crippen LogP contribution is 2.25. The van der Waals surface area contributed by atoms with Gasteiger partial charge in [0, 0.05) is 12.1 Å². The summed E-state index contributed by atoms with van der Waals surface area (Å²) in [4.78, 5) is 0. The number of methoxy groups -OCH3 is 1. The molecule has 0 amide bonds. The van der Waals surface area contributed by atoms with Crippen LogP contribution in [0.2, 0.25) is 0 Å². The van der Waals surface area contributed by atoms with Crippen LogP contribution < -0.4 is 10.1 Å². The average Bonchev–Trinajstić information content (AvgIpc) is 2.30. The Morgan fingerprint density at radius 2 is 2.20 bits per heavy atom. The van der Waals surface area contributed by atoms with Gasteiger partial charge in [-0.15, -0.1) is 12.4 Å². The molecule has 3 nitrogen and oxygen atoms in total. The van der Waals surface area contributed by atoms with Gasteiger partial charge in [-0.2, -0.15) is 0 Å². The third-order valence-electron chi connectivity index (χ3n) is 2.44. The highest BCUT2D eigenvalue weighted by molar-refractivity contribution is 5.85. The fourth-order valence-electron chi connectivity index (χ4n) is 1.72. The number of halogens is 1. The highest BCUT2D eigenvalue weighted by Gasteiger charge is 2.17. The molecule has 1 aromatic carbocycles. The smallest absolute Gasteiger partial charge is 0.123 e. The van der Waals surface area contributed by atoms with Crippen LogP contribution in [0.1, 0.15) is 11.6 Å². The summed E-state index contributed by atoms with van der Waals surface area (Å²) in [6.07, 6.45) is 0. The minimum atomic E-state index is 0. The van der Waals surface area contributed by atoms with Gasteiger partial charge in [0.25, 0.3) is 0 Å². The molecular weight excluding hydrogens is 214 g/mol. The van der Waals surface area contributed by atoms with Gasteiger partial charge in [-0.1, -0.05) is 18.2 Å². The second-order valence-electron chi connectivity index (χ2n) is 3.32. The monoisotopic (exact) mass is 229 g/mol. The van der Waals surface area contributed by atoms with Gasteiger partial charge in [-0.3, -0.25) is 0 Å². The molecule has 0 saturated carbocycles. The number of ether oxygens (including phenoxy) is 2. The first kappa shape index (κ1) is 12.3.